The molecular formula is C13H13NO5. The lowest BCUT2D eigenvalue weighted by atomic mass is 9.87. The number of benzene rings is 1. The number of phenols is 2. The molecule has 6 heteroatoms. The lowest BCUT2D eigenvalue weighted by Gasteiger charge is -2.24. The molecule has 0 spiro atoms. The van der Waals surface area contributed by atoms with Crippen LogP contribution in [0.3, 0.4) is 0 Å². The summed E-state index contributed by atoms with van der Waals surface area (Å²) in [6, 6.07) is 2.15. The lowest BCUT2D eigenvalue weighted by Crippen LogP contribution is -2.19. The molecule has 3 N–H and O–H groups in total. The standard InChI is InChI=1S/C13H13NO5/c15-7-14-13(3-1-2-4-13)9-5-8(12(18)19)10(16)6-11(9)17/h5-6,16-17H,1-4H2,(H,18,19). The van der Waals surface area contributed by atoms with Crippen LogP contribution < -0.4 is 0 Å². The maximum atomic E-state index is 11.0. The van der Waals surface area contributed by atoms with Crippen LogP contribution in [0.4, 0.5) is 0 Å². The summed E-state index contributed by atoms with van der Waals surface area (Å²) in [6.45, 7) is 0. The summed E-state index contributed by atoms with van der Waals surface area (Å²) in [4.78, 5) is 25.4. The largest absolute Gasteiger partial charge is 0.507 e. The fraction of sp³-hybridized carbons (Fsp3) is 0.385. The summed E-state index contributed by atoms with van der Waals surface area (Å²) >= 11 is 0. The van der Waals surface area contributed by atoms with Gasteiger partial charge in [-0.15, -0.1) is 0 Å². The van der Waals surface area contributed by atoms with Crippen molar-refractivity contribution in [2.24, 2.45) is 4.99 Å². The Morgan fingerprint density at radius 2 is 1.84 bits per heavy atom. The SMILES string of the molecule is O=C=NC1(c2cc(C(=O)O)c(O)cc2O)CCCC1. The summed E-state index contributed by atoms with van der Waals surface area (Å²) in [7, 11) is 0. The van der Waals surface area contributed by atoms with Crippen molar-refractivity contribution < 1.29 is 24.9 Å². The Labute approximate surface area is 109 Å². The molecule has 0 amide bonds. The minimum absolute atomic E-state index is 0.253. The maximum Gasteiger partial charge on any atom is 0.339 e. The second kappa shape index (κ2) is 4.74. The van der Waals surface area contributed by atoms with E-state index in [-0.39, 0.29) is 16.9 Å². The van der Waals surface area contributed by atoms with E-state index in [0.29, 0.717) is 12.8 Å². The van der Waals surface area contributed by atoms with E-state index in [2.05, 4.69) is 4.99 Å². The average Bonchev–Trinajstić information content (AvgIpc) is 2.78. The molecule has 1 fully saturated rings. The van der Waals surface area contributed by atoms with Crippen LogP contribution >= 0.6 is 0 Å². The zero-order chi connectivity index (χ0) is 14.0. The summed E-state index contributed by atoms with van der Waals surface area (Å²) in [5.74, 6) is -2.08. The second-order valence-electron chi connectivity index (χ2n) is 4.63. The highest BCUT2D eigenvalue weighted by atomic mass is 16.4. The van der Waals surface area contributed by atoms with Gasteiger partial charge in [-0.2, -0.15) is 4.99 Å². The van der Waals surface area contributed by atoms with Gasteiger partial charge < -0.3 is 15.3 Å². The fourth-order valence-electron chi connectivity index (χ4n) is 2.61. The van der Waals surface area contributed by atoms with Crippen molar-refractivity contribution in [3.63, 3.8) is 0 Å². The zero-order valence-electron chi connectivity index (χ0n) is 10.1. The molecule has 1 aliphatic rings. The molecule has 0 saturated heterocycles. The highest BCUT2D eigenvalue weighted by Gasteiger charge is 2.38. The molecule has 0 heterocycles. The van der Waals surface area contributed by atoms with Gasteiger partial charge in [0, 0.05) is 11.6 Å². The molecule has 1 aliphatic carbocycles. The number of rotatable bonds is 3. The summed E-state index contributed by atoms with van der Waals surface area (Å²) in [5, 5.41) is 28.4. The van der Waals surface area contributed by atoms with Gasteiger partial charge in [-0.1, -0.05) is 12.8 Å². The molecule has 1 aromatic rings. The highest BCUT2D eigenvalue weighted by molar-refractivity contribution is 5.91. The van der Waals surface area contributed by atoms with E-state index in [1.807, 2.05) is 0 Å². The quantitative estimate of drug-likeness (QED) is 0.570. The van der Waals surface area contributed by atoms with Gasteiger partial charge in [0.2, 0.25) is 6.08 Å². The van der Waals surface area contributed by atoms with Gasteiger partial charge in [0.05, 0.1) is 0 Å². The molecule has 1 aromatic carbocycles. The molecule has 0 atom stereocenters. The molecule has 2 rings (SSSR count). The van der Waals surface area contributed by atoms with E-state index in [1.165, 1.54) is 12.1 Å². The normalized spacial score (nSPS) is 16.8. The van der Waals surface area contributed by atoms with Gasteiger partial charge in [0.25, 0.3) is 0 Å². The lowest BCUT2D eigenvalue weighted by molar-refractivity contribution is 0.0693. The molecular weight excluding hydrogens is 250 g/mol. The molecule has 0 radical (unpaired) electrons. The summed E-state index contributed by atoms with van der Waals surface area (Å²) in [5.41, 5.74) is -0.993. The number of hydrogen-bond donors (Lipinski definition) is 3. The Bertz CT molecular complexity index is 569. The van der Waals surface area contributed by atoms with Crippen LogP contribution in [0, 0.1) is 0 Å². The molecule has 0 aliphatic heterocycles. The number of aromatic hydroxyl groups is 2. The van der Waals surface area contributed by atoms with Crippen LogP contribution in [-0.2, 0) is 10.3 Å². The van der Waals surface area contributed by atoms with Crippen LogP contribution in [0.1, 0.15) is 41.6 Å². The second-order valence-corrected chi connectivity index (χ2v) is 4.63. The predicted octanol–water partition coefficient (Wildman–Crippen LogP) is 1.90. The van der Waals surface area contributed by atoms with Gasteiger partial charge >= 0.3 is 5.97 Å². The number of carboxylic acid groups (broad SMARTS) is 1. The number of aliphatic imine (C=N–C) groups is 1. The molecule has 0 unspecified atom stereocenters. The van der Waals surface area contributed by atoms with Crippen molar-refractivity contribution >= 4 is 12.0 Å². The number of carbonyl (C=O) groups excluding carboxylic acids is 1. The number of phenolic OH excluding ortho intramolecular Hbond substituents is 1. The van der Waals surface area contributed by atoms with Gasteiger partial charge in [-0.05, 0) is 18.9 Å². The van der Waals surface area contributed by atoms with Crippen molar-refractivity contribution in [2.75, 3.05) is 0 Å². The molecule has 0 bridgehead atoms. The molecule has 19 heavy (non-hydrogen) atoms. The number of carbonyl (C=O) groups is 1. The van der Waals surface area contributed by atoms with E-state index in [1.54, 1.807) is 0 Å². The van der Waals surface area contributed by atoms with Crippen LogP contribution in [-0.4, -0.2) is 27.4 Å². The predicted molar refractivity (Wildman–Crippen MR) is 65.0 cm³/mol. The van der Waals surface area contributed by atoms with Gasteiger partial charge in [0.1, 0.15) is 22.6 Å². The van der Waals surface area contributed by atoms with E-state index in [4.69, 9.17) is 5.11 Å². The first-order valence-electron chi connectivity index (χ1n) is 5.89. The minimum Gasteiger partial charge on any atom is -0.507 e. The number of aromatic carboxylic acids is 1. The Kier molecular flexibility index (Phi) is 3.27. The molecule has 1 saturated carbocycles. The topological polar surface area (TPSA) is 107 Å². The number of carboxylic acids is 1. The van der Waals surface area contributed by atoms with Crippen molar-refractivity contribution in [1.82, 2.24) is 0 Å². The summed E-state index contributed by atoms with van der Waals surface area (Å²) in [6.07, 6.45) is 4.23. The third-order valence-electron chi connectivity index (χ3n) is 3.54. The third-order valence-corrected chi connectivity index (χ3v) is 3.54. The molecule has 0 aromatic heterocycles. The Hall–Kier alpha value is -2.33. The monoisotopic (exact) mass is 263 g/mol. The van der Waals surface area contributed by atoms with Crippen molar-refractivity contribution in [2.45, 2.75) is 31.2 Å². The zero-order valence-corrected chi connectivity index (χ0v) is 10.1. The summed E-state index contributed by atoms with van der Waals surface area (Å²) < 4.78 is 0. The van der Waals surface area contributed by atoms with E-state index in [0.717, 1.165) is 18.9 Å². The smallest absolute Gasteiger partial charge is 0.339 e. The van der Waals surface area contributed by atoms with Gasteiger partial charge in [0.15, 0.2) is 0 Å². The van der Waals surface area contributed by atoms with Crippen molar-refractivity contribution in [3.8, 4) is 11.5 Å². The third kappa shape index (κ3) is 2.18. The van der Waals surface area contributed by atoms with Crippen LogP contribution in [0.5, 0.6) is 11.5 Å². The Balaban J connectivity index is 2.63. The van der Waals surface area contributed by atoms with Gasteiger partial charge in [-0.25, -0.2) is 9.59 Å². The van der Waals surface area contributed by atoms with Crippen LogP contribution in [0.2, 0.25) is 0 Å². The Morgan fingerprint density at radius 3 is 2.37 bits per heavy atom. The maximum absolute atomic E-state index is 11.0. The van der Waals surface area contributed by atoms with Gasteiger partial charge in [-0.3, -0.25) is 0 Å². The number of isocyanates is 1. The first-order valence-corrected chi connectivity index (χ1v) is 5.89. The first-order chi connectivity index (χ1) is 9.00. The molecule has 6 nitrogen and oxygen atoms in total. The van der Waals surface area contributed by atoms with E-state index < -0.39 is 17.3 Å². The van der Waals surface area contributed by atoms with E-state index >= 15 is 0 Å². The molecule has 100 valence electrons. The van der Waals surface area contributed by atoms with E-state index in [9.17, 15) is 19.8 Å². The first kappa shape index (κ1) is 13.1. The fourth-order valence-corrected chi connectivity index (χ4v) is 2.61. The van der Waals surface area contributed by atoms with Crippen LogP contribution in [0.15, 0.2) is 17.1 Å². The number of nitrogens with zero attached hydrogens (tertiary/aromatic N) is 1. The van der Waals surface area contributed by atoms with Crippen LogP contribution in [0.25, 0.3) is 0 Å². The minimum atomic E-state index is -1.30. The van der Waals surface area contributed by atoms with Crippen molar-refractivity contribution in [3.05, 3.63) is 23.3 Å². The van der Waals surface area contributed by atoms with Crippen molar-refractivity contribution in [1.29, 1.82) is 0 Å². The number of hydrogen-bond acceptors (Lipinski definition) is 5. The Morgan fingerprint density at radius 1 is 1.21 bits per heavy atom. The average molecular weight is 263 g/mol. The highest BCUT2D eigenvalue weighted by Crippen LogP contribution is 2.46.